The molecule has 1 atom stereocenters. The highest BCUT2D eigenvalue weighted by atomic mass is 32.2. The Hall–Kier alpha value is -3.04. The number of aryl methyl sites for hydroxylation is 2. The molecule has 6 heteroatoms. The van der Waals surface area contributed by atoms with E-state index in [1.165, 1.54) is 11.8 Å². The van der Waals surface area contributed by atoms with Crippen molar-refractivity contribution in [1.29, 1.82) is 5.26 Å². The molecule has 2 N–H and O–H groups in total. The van der Waals surface area contributed by atoms with Crippen LogP contribution in [0.5, 0.6) is 0 Å². The van der Waals surface area contributed by atoms with Gasteiger partial charge in [-0.15, -0.1) is 0 Å². The smallest absolute Gasteiger partial charge is 0.234 e. The minimum absolute atomic E-state index is 0.106. The van der Waals surface area contributed by atoms with E-state index in [0.717, 1.165) is 22.4 Å². The van der Waals surface area contributed by atoms with E-state index in [1.54, 1.807) is 0 Å². The van der Waals surface area contributed by atoms with Crippen LogP contribution in [0, 0.1) is 25.2 Å². The molecule has 1 heterocycles. The Balaban J connectivity index is 1.77. The van der Waals surface area contributed by atoms with Crippen molar-refractivity contribution in [2.24, 2.45) is 0 Å². The van der Waals surface area contributed by atoms with E-state index >= 15 is 0 Å². The van der Waals surface area contributed by atoms with E-state index < -0.39 is 0 Å². The Morgan fingerprint density at radius 3 is 2.75 bits per heavy atom. The third-order valence-electron chi connectivity index (χ3n) is 4.57. The lowest BCUT2D eigenvalue weighted by Gasteiger charge is -2.26. The third-order valence-corrected chi connectivity index (χ3v) is 5.59. The fourth-order valence-corrected chi connectivity index (χ4v) is 4.11. The number of rotatable bonds is 5. The molecule has 5 nitrogen and oxygen atoms in total. The van der Waals surface area contributed by atoms with E-state index in [0.29, 0.717) is 10.6 Å². The van der Waals surface area contributed by atoms with Gasteiger partial charge in [0, 0.05) is 18.0 Å². The molecule has 1 unspecified atom stereocenters. The number of nitrogens with zero attached hydrogens (tertiary/aromatic N) is 1. The number of hydrogen-bond acceptors (Lipinski definition) is 4. The van der Waals surface area contributed by atoms with Crippen LogP contribution in [0.25, 0.3) is 0 Å². The molecule has 2 aromatic rings. The summed E-state index contributed by atoms with van der Waals surface area (Å²) in [6, 6.07) is 17.6. The zero-order chi connectivity index (χ0) is 20.1. The number of hydrogen-bond donors (Lipinski definition) is 2. The van der Waals surface area contributed by atoms with Gasteiger partial charge in [-0.05, 0) is 42.7 Å². The highest BCUT2D eigenvalue weighted by Crippen LogP contribution is 2.37. The number of nitrogens with one attached hydrogen (secondary N) is 2. The summed E-state index contributed by atoms with van der Waals surface area (Å²) < 4.78 is 0. The Morgan fingerprint density at radius 1 is 1.25 bits per heavy atom. The van der Waals surface area contributed by atoms with Gasteiger partial charge in [0.25, 0.3) is 0 Å². The highest BCUT2D eigenvalue weighted by molar-refractivity contribution is 8.03. The first-order valence-corrected chi connectivity index (χ1v) is 9.95. The SMILES string of the molecule is Cc1cccc(NC(=O)CSC2=C(C#N)C(c3ccccc3C)CC(=O)N2)c1. The van der Waals surface area contributed by atoms with Crippen LogP contribution >= 0.6 is 11.8 Å². The first-order chi connectivity index (χ1) is 13.5. The van der Waals surface area contributed by atoms with Crippen LogP contribution < -0.4 is 10.6 Å². The molecule has 0 spiro atoms. The number of thioether (sulfide) groups is 1. The van der Waals surface area contributed by atoms with Gasteiger partial charge in [-0.2, -0.15) is 5.26 Å². The van der Waals surface area contributed by atoms with Crippen LogP contribution in [0.15, 0.2) is 59.1 Å². The molecular weight excluding hydrogens is 370 g/mol. The molecule has 0 aliphatic carbocycles. The molecule has 0 bridgehead atoms. The number of amides is 2. The maximum Gasteiger partial charge on any atom is 0.234 e. The quantitative estimate of drug-likeness (QED) is 0.807. The molecule has 28 heavy (non-hydrogen) atoms. The van der Waals surface area contributed by atoms with Gasteiger partial charge < -0.3 is 10.6 Å². The summed E-state index contributed by atoms with van der Waals surface area (Å²) in [4.78, 5) is 24.5. The summed E-state index contributed by atoms with van der Waals surface area (Å²) >= 11 is 1.18. The van der Waals surface area contributed by atoms with Crippen LogP contribution in [0.1, 0.15) is 29.0 Å². The van der Waals surface area contributed by atoms with Crippen LogP contribution in [0.4, 0.5) is 5.69 Å². The van der Waals surface area contributed by atoms with Crippen molar-refractivity contribution >= 4 is 29.3 Å². The summed E-state index contributed by atoms with van der Waals surface area (Å²) in [6.07, 6.45) is 0.229. The lowest BCUT2D eigenvalue weighted by atomic mass is 9.85. The predicted molar refractivity (Wildman–Crippen MR) is 112 cm³/mol. The van der Waals surface area contributed by atoms with Crippen molar-refractivity contribution in [3.8, 4) is 6.07 Å². The molecule has 0 aromatic heterocycles. The average molecular weight is 391 g/mol. The highest BCUT2D eigenvalue weighted by Gasteiger charge is 2.30. The second-order valence-electron chi connectivity index (χ2n) is 6.72. The average Bonchev–Trinajstić information content (AvgIpc) is 2.66. The molecule has 142 valence electrons. The standard InChI is InChI=1S/C22H21N3O2S/c1-14-6-5-8-16(10-14)24-21(27)13-28-22-19(12-23)18(11-20(26)25-22)17-9-4-3-7-15(17)2/h3-10,18H,11,13H2,1-2H3,(H,24,27)(H,25,26). The van der Waals surface area contributed by atoms with Gasteiger partial charge in [0.1, 0.15) is 0 Å². The van der Waals surface area contributed by atoms with Crippen LogP contribution in [-0.2, 0) is 9.59 Å². The Labute approximate surface area is 168 Å². The van der Waals surface area contributed by atoms with Gasteiger partial charge in [-0.25, -0.2) is 0 Å². The van der Waals surface area contributed by atoms with Crippen molar-refractivity contribution in [2.75, 3.05) is 11.1 Å². The first-order valence-electron chi connectivity index (χ1n) is 8.97. The minimum Gasteiger partial charge on any atom is -0.325 e. The number of allylic oxidation sites excluding steroid dienone is 1. The predicted octanol–water partition coefficient (Wildman–Crippen LogP) is 4.01. The van der Waals surface area contributed by atoms with Crippen LogP contribution in [-0.4, -0.2) is 17.6 Å². The van der Waals surface area contributed by atoms with Gasteiger partial charge in [0.05, 0.1) is 22.4 Å². The van der Waals surface area contributed by atoms with Crippen molar-refractivity contribution in [3.63, 3.8) is 0 Å². The van der Waals surface area contributed by atoms with E-state index in [2.05, 4.69) is 16.7 Å². The zero-order valence-corrected chi connectivity index (χ0v) is 16.6. The van der Waals surface area contributed by atoms with Crippen molar-refractivity contribution in [3.05, 3.63) is 75.8 Å². The molecule has 1 aliphatic rings. The largest absolute Gasteiger partial charge is 0.325 e. The molecule has 0 radical (unpaired) electrons. The van der Waals surface area contributed by atoms with Gasteiger partial charge in [-0.1, -0.05) is 48.2 Å². The summed E-state index contributed by atoms with van der Waals surface area (Å²) in [5, 5.41) is 15.8. The van der Waals surface area contributed by atoms with E-state index in [-0.39, 0.29) is 29.9 Å². The van der Waals surface area contributed by atoms with Gasteiger partial charge in [0.15, 0.2) is 0 Å². The Kier molecular flexibility index (Phi) is 6.17. The lowest BCUT2D eigenvalue weighted by Crippen LogP contribution is -2.31. The molecule has 0 saturated heterocycles. The summed E-state index contributed by atoms with van der Waals surface area (Å²) in [7, 11) is 0. The number of benzene rings is 2. The van der Waals surface area contributed by atoms with Gasteiger partial charge in [0.2, 0.25) is 11.8 Å². The number of anilines is 1. The van der Waals surface area contributed by atoms with Crippen LogP contribution in [0.2, 0.25) is 0 Å². The zero-order valence-electron chi connectivity index (χ0n) is 15.8. The normalized spacial score (nSPS) is 16.3. The molecule has 1 aliphatic heterocycles. The Morgan fingerprint density at radius 2 is 2.04 bits per heavy atom. The van der Waals surface area contributed by atoms with Crippen molar-refractivity contribution in [2.45, 2.75) is 26.2 Å². The van der Waals surface area contributed by atoms with Crippen molar-refractivity contribution in [1.82, 2.24) is 5.32 Å². The lowest BCUT2D eigenvalue weighted by molar-refractivity contribution is -0.121. The number of carbonyl (C=O) groups is 2. The van der Waals surface area contributed by atoms with Crippen LogP contribution in [0.3, 0.4) is 0 Å². The third kappa shape index (κ3) is 4.62. The van der Waals surface area contributed by atoms with Gasteiger partial charge >= 0.3 is 0 Å². The molecule has 2 amide bonds. The fraction of sp³-hybridized carbons (Fsp3) is 0.227. The summed E-state index contributed by atoms with van der Waals surface area (Å²) in [5.41, 5.74) is 4.29. The maximum absolute atomic E-state index is 12.3. The number of nitriles is 1. The number of carbonyl (C=O) groups excluding carboxylic acids is 2. The fourth-order valence-electron chi connectivity index (χ4n) is 3.23. The maximum atomic E-state index is 12.3. The minimum atomic E-state index is -0.290. The van der Waals surface area contributed by atoms with E-state index in [1.807, 2.05) is 62.4 Å². The van der Waals surface area contributed by atoms with E-state index in [9.17, 15) is 14.9 Å². The Bertz CT molecular complexity index is 991. The topological polar surface area (TPSA) is 82.0 Å². The summed E-state index contributed by atoms with van der Waals surface area (Å²) in [5.74, 6) is -0.515. The molecule has 2 aromatic carbocycles. The second kappa shape index (κ2) is 8.77. The first kappa shape index (κ1) is 19.7. The van der Waals surface area contributed by atoms with Crippen molar-refractivity contribution < 1.29 is 9.59 Å². The monoisotopic (exact) mass is 391 g/mol. The molecule has 0 saturated carbocycles. The van der Waals surface area contributed by atoms with Gasteiger partial charge in [-0.3, -0.25) is 9.59 Å². The second-order valence-corrected chi connectivity index (χ2v) is 7.71. The summed E-state index contributed by atoms with van der Waals surface area (Å²) in [6.45, 7) is 3.93. The molecular formula is C22H21N3O2S. The molecule has 0 fully saturated rings. The van der Waals surface area contributed by atoms with E-state index in [4.69, 9.17) is 0 Å². The molecule has 3 rings (SSSR count).